The summed E-state index contributed by atoms with van der Waals surface area (Å²) in [6.45, 7) is 3.42. The standard InChI is InChI=1S/C20H25N3O5/c1-13-11-14(18(25)22-7-3-4-8-22)5-6-16(13)21-17-15(20(27)28-2)12-23(9-10-24)19(17)26/h5-6,11,21,24H,3-4,7-10,12H2,1-2H3. The highest BCUT2D eigenvalue weighted by Crippen LogP contribution is 2.26. The van der Waals surface area contributed by atoms with Gasteiger partial charge >= 0.3 is 5.97 Å². The molecule has 8 nitrogen and oxygen atoms in total. The highest BCUT2D eigenvalue weighted by atomic mass is 16.5. The van der Waals surface area contributed by atoms with Gasteiger partial charge in [-0.3, -0.25) is 9.59 Å². The third-order valence-electron chi connectivity index (χ3n) is 5.08. The van der Waals surface area contributed by atoms with Gasteiger partial charge in [0.05, 0.1) is 25.8 Å². The zero-order chi connectivity index (χ0) is 20.3. The van der Waals surface area contributed by atoms with Crippen LogP contribution in [0.1, 0.15) is 28.8 Å². The number of hydrogen-bond donors (Lipinski definition) is 2. The maximum Gasteiger partial charge on any atom is 0.337 e. The number of nitrogens with zero attached hydrogens (tertiary/aromatic N) is 2. The second kappa shape index (κ2) is 8.43. The maximum absolute atomic E-state index is 12.6. The number of carbonyl (C=O) groups excluding carboxylic acids is 3. The number of anilines is 1. The van der Waals surface area contributed by atoms with Crippen LogP contribution in [0.2, 0.25) is 0 Å². The number of likely N-dealkylation sites (tertiary alicyclic amines) is 1. The van der Waals surface area contributed by atoms with Crippen molar-refractivity contribution in [1.29, 1.82) is 0 Å². The molecule has 1 aromatic carbocycles. The first-order chi connectivity index (χ1) is 13.5. The van der Waals surface area contributed by atoms with E-state index in [0.717, 1.165) is 31.5 Å². The van der Waals surface area contributed by atoms with Crippen LogP contribution in [0.5, 0.6) is 0 Å². The van der Waals surface area contributed by atoms with Gasteiger partial charge in [0.25, 0.3) is 11.8 Å². The van der Waals surface area contributed by atoms with Crippen molar-refractivity contribution < 1.29 is 24.2 Å². The second-order valence-corrected chi connectivity index (χ2v) is 6.95. The van der Waals surface area contributed by atoms with E-state index in [-0.39, 0.29) is 42.8 Å². The van der Waals surface area contributed by atoms with Crippen LogP contribution < -0.4 is 5.32 Å². The van der Waals surface area contributed by atoms with Gasteiger partial charge in [0, 0.05) is 30.9 Å². The predicted molar refractivity (Wildman–Crippen MR) is 103 cm³/mol. The minimum absolute atomic E-state index is 0.00711. The number of aliphatic hydroxyl groups is 1. The minimum Gasteiger partial charge on any atom is -0.466 e. The van der Waals surface area contributed by atoms with Gasteiger partial charge < -0.3 is 25.0 Å². The van der Waals surface area contributed by atoms with Crippen LogP contribution >= 0.6 is 0 Å². The molecule has 0 saturated carbocycles. The van der Waals surface area contributed by atoms with Gasteiger partial charge in [-0.05, 0) is 43.5 Å². The van der Waals surface area contributed by atoms with E-state index < -0.39 is 5.97 Å². The number of rotatable bonds is 6. The van der Waals surface area contributed by atoms with Crippen LogP contribution in [-0.4, -0.2) is 72.6 Å². The molecule has 1 saturated heterocycles. The molecule has 150 valence electrons. The van der Waals surface area contributed by atoms with Gasteiger partial charge in [-0.25, -0.2) is 4.79 Å². The molecule has 3 rings (SSSR count). The summed E-state index contributed by atoms with van der Waals surface area (Å²) >= 11 is 0. The molecule has 0 unspecified atom stereocenters. The summed E-state index contributed by atoms with van der Waals surface area (Å²) in [5.74, 6) is -0.950. The Hall–Kier alpha value is -2.87. The van der Waals surface area contributed by atoms with E-state index in [1.54, 1.807) is 18.2 Å². The summed E-state index contributed by atoms with van der Waals surface area (Å²) in [6.07, 6.45) is 2.06. The fourth-order valence-corrected chi connectivity index (χ4v) is 3.52. The van der Waals surface area contributed by atoms with Gasteiger partial charge in [-0.1, -0.05) is 0 Å². The first-order valence-electron chi connectivity index (χ1n) is 9.34. The van der Waals surface area contributed by atoms with Crippen molar-refractivity contribution in [2.75, 3.05) is 45.2 Å². The topological polar surface area (TPSA) is 99.2 Å². The second-order valence-electron chi connectivity index (χ2n) is 6.95. The van der Waals surface area contributed by atoms with Crippen molar-refractivity contribution in [1.82, 2.24) is 9.80 Å². The highest BCUT2D eigenvalue weighted by Gasteiger charge is 2.34. The first kappa shape index (κ1) is 19.9. The zero-order valence-corrected chi connectivity index (χ0v) is 16.2. The van der Waals surface area contributed by atoms with Crippen LogP contribution in [0.25, 0.3) is 0 Å². The van der Waals surface area contributed by atoms with Crippen molar-refractivity contribution in [3.8, 4) is 0 Å². The quantitative estimate of drug-likeness (QED) is 0.704. The number of carbonyl (C=O) groups is 3. The average molecular weight is 387 g/mol. The van der Waals surface area contributed by atoms with Crippen LogP contribution in [0.4, 0.5) is 5.69 Å². The number of aryl methyl sites for hydroxylation is 1. The molecule has 0 atom stereocenters. The monoisotopic (exact) mass is 387 g/mol. The molecule has 2 aliphatic heterocycles. The Balaban J connectivity index is 1.83. The lowest BCUT2D eigenvalue weighted by Gasteiger charge is -2.17. The first-order valence-corrected chi connectivity index (χ1v) is 9.34. The third kappa shape index (κ3) is 3.87. The van der Waals surface area contributed by atoms with E-state index in [9.17, 15) is 14.4 Å². The van der Waals surface area contributed by atoms with Crippen LogP contribution in [-0.2, 0) is 14.3 Å². The molecule has 0 aliphatic carbocycles. The molecule has 0 spiro atoms. The Morgan fingerprint density at radius 2 is 1.96 bits per heavy atom. The molecule has 28 heavy (non-hydrogen) atoms. The molecule has 8 heteroatoms. The number of amides is 2. The summed E-state index contributed by atoms with van der Waals surface area (Å²) in [5, 5.41) is 12.2. The average Bonchev–Trinajstić information content (AvgIpc) is 3.33. The predicted octanol–water partition coefficient (Wildman–Crippen LogP) is 0.905. The maximum atomic E-state index is 12.6. The molecule has 2 amide bonds. The normalized spacial score (nSPS) is 16.8. The molecule has 0 bridgehead atoms. The smallest absolute Gasteiger partial charge is 0.337 e. The number of methoxy groups -OCH3 is 1. The van der Waals surface area contributed by atoms with Crippen LogP contribution in [0.15, 0.2) is 29.5 Å². The molecule has 2 heterocycles. The molecule has 0 aromatic heterocycles. The minimum atomic E-state index is -0.588. The molecule has 2 N–H and O–H groups in total. The Kier molecular flexibility index (Phi) is 5.99. The summed E-state index contributed by atoms with van der Waals surface area (Å²) in [5.41, 5.74) is 2.38. The lowest BCUT2D eigenvalue weighted by atomic mass is 10.1. The SMILES string of the molecule is COC(=O)C1=C(Nc2ccc(C(=O)N3CCCC3)cc2C)C(=O)N(CCO)C1. The van der Waals surface area contributed by atoms with E-state index >= 15 is 0 Å². The number of aliphatic hydroxyl groups excluding tert-OH is 1. The van der Waals surface area contributed by atoms with E-state index in [0.29, 0.717) is 11.3 Å². The van der Waals surface area contributed by atoms with E-state index in [2.05, 4.69) is 5.32 Å². The molecular formula is C20H25N3O5. The van der Waals surface area contributed by atoms with Gasteiger partial charge in [0.15, 0.2) is 0 Å². The Labute approximate surface area is 163 Å². The zero-order valence-electron chi connectivity index (χ0n) is 16.2. The number of nitrogens with one attached hydrogen (secondary N) is 1. The summed E-state index contributed by atoms with van der Waals surface area (Å²) in [6, 6.07) is 5.24. The Morgan fingerprint density at radius 1 is 1.25 bits per heavy atom. The number of esters is 1. The molecule has 1 fully saturated rings. The van der Waals surface area contributed by atoms with Crippen molar-refractivity contribution in [2.45, 2.75) is 19.8 Å². The number of benzene rings is 1. The summed E-state index contributed by atoms with van der Waals surface area (Å²) in [4.78, 5) is 40.5. The van der Waals surface area contributed by atoms with E-state index in [4.69, 9.17) is 9.84 Å². The van der Waals surface area contributed by atoms with Crippen molar-refractivity contribution in [3.63, 3.8) is 0 Å². The van der Waals surface area contributed by atoms with Crippen LogP contribution in [0, 0.1) is 6.92 Å². The summed E-state index contributed by atoms with van der Waals surface area (Å²) in [7, 11) is 1.26. The van der Waals surface area contributed by atoms with E-state index in [1.165, 1.54) is 12.0 Å². The highest BCUT2D eigenvalue weighted by molar-refractivity contribution is 6.08. The molecule has 2 aliphatic rings. The largest absolute Gasteiger partial charge is 0.466 e. The molecular weight excluding hydrogens is 362 g/mol. The number of β-amino-alcohol motifs (C(OH)–C–C–N with tert-alkyl or cyclic N) is 1. The molecule has 0 radical (unpaired) electrons. The van der Waals surface area contributed by atoms with Crippen molar-refractivity contribution in [3.05, 3.63) is 40.6 Å². The van der Waals surface area contributed by atoms with E-state index in [1.807, 2.05) is 11.8 Å². The number of ether oxygens (including phenoxy) is 1. The molecule has 1 aromatic rings. The lowest BCUT2D eigenvalue weighted by Crippen LogP contribution is -2.31. The van der Waals surface area contributed by atoms with Crippen LogP contribution in [0.3, 0.4) is 0 Å². The number of hydrogen-bond acceptors (Lipinski definition) is 6. The van der Waals surface area contributed by atoms with Gasteiger partial charge in [-0.15, -0.1) is 0 Å². The third-order valence-corrected chi connectivity index (χ3v) is 5.08. The fraction of sp³-hybridized carbons (Fsp3) is 0.450. The van der Waals surface area contributed by atoms with Crippen molar-refractivity contribution in [2.24, 2.45) is 0 Å². The van der Waals surface area contributed by atoms with Crippen molar-refractivity contribution >= 4 is 23.5 Å². The van der Waals surface area contributed by atoms with Gasteiger partial charge in [-0.2, -0.15) is 0 Å². The lowest BCUT2D eigenvalue weighted by molar-refractivity contribution is -0.136. The summed E-state index contributed by atoms with van der Waals surface area (Å²) < 4.78 is 4.79. The Morgan fingerprint density at radius 3 is 2.57 bits per heavy atom. The fourth-order valence-electron chi connectivity index (χ4n) is 3.52. The van der Waals surface area contributed by atoms with Gasteiger partial charge in [0.1, 0.15) is 5.70 Å². The van der Waals surface area contributed by atoms with Gasteiger partial charge in [0.2, 0.25) is 0 Å². The Bertz CT molecular complexity index is 827.